The van der Waals surface area contributed by atoms with E-state index in [4.69, 9.17) is 16.6 Å². The summed E-state index contributed by atoms with van der Waals surface area (Å²) >= 11 is 6.01. The summed E-state index contributed by atoms with van der Waals surface area (Å²) in [7, 11) is 0. The SMILES string of the molecule is Cc1cc(-c2ccc3c(n2)N(C(=O)Nc2cnccn2)[C@H]2CCN3C2)ccn1.O=C(Nc1cnccn1)N1c2nc(Cl)ccc2N2CC[C@H]1C2. The number of fused-ring (bicyclic) bond motifs is 8. The fourth-order valence-corrected chi connectivity index (χ4v) is 7.00. The van der Waals surface area contributed by atoms with E-state index in [-0.39, 0.29) is 24.1 Å². The van der Waals surface area contributed by atoms with Crippen molar-refractivity contribution in [2.24, 2.45) is 0 Å². The van der Waals surface area contributed by atoms with Gasteiger partial charge >= 0.3 is 12.1 Å². The molecule has 4 amide bonds. The van der Waals surface area contributed by atoms with Crippen LogP contribution in [0.3, 0.4) is 0 Å². The van der Waals surface area contributed by atoms with Crippen molar-refractivity contribution in [2.75, 3.05) is 56.4 Å². The van der Waals surface area contributed by atoms with Crippen LogP contribution in [0, 0.1) is 6.92 Å². The number of nitrogens with one attached hydrogen (secondary N) is 2. The molecule has 2 saturated heterocycles. The van der Waals surface area contributed by atoms with E-state index in [1.165, 1.54) is 18.6 Å². The van der Waals surface area contributed by atoms with Gasteiger partial charge in [-0.05, 0) is 56.2 Å². The third kappa shape index (κ3) is 6.07. The van der Waals surface area contributed by atoms with Gasteiger partial charge in [-0.1, -0.05) is 11.6 Å². The van der Waals surface area contributed by atoms with Gasteiger partial charge in [-0.15, -0.1) is 0 Å². The minimum absolute atomic E-state index is 0.0890. The van der Waals surface area contributed by atoms with Gasteiger partial charge in [-0.25, -0.2) is 29.5 Å². The predicted octanol–water partition coefficient (Wildman–Crippen LogP) is 5.03. The molecule has 2 atom stereocenters. The highest BCUT2D eigenvalue weighted by Gasteiger charge is 2.41. The molecule has 0 saturated carbocycles. The lowest BCUT2D eigenvalue weighted by molar-refractivity contribution is 0.254. The first-order chi connectivity index (χ1) is 24.4. The molecule has 9 heterocycles. The molecule has 2 N–H and O–H groups in total. The van der Waals surface area contributed by atoms with E-state index in [2.05, 4.69) is 56.4 Å². The second-order valence-electron chi connectivity index (χ2n) is 12.3. The van der Waals surface area contributed by atoms with E-state index in [1.54, 1.807) is 40.7 Å². The molecule has 9 rings (SSSR count). The number of amides is 4. The molecule has 15 nitrogen and oxygen atoms in total. The van der Waals surface area contributed by atoms with Gasteiger partial charge in [0.2, 0.25) is 0 Å². The number of anilines is 6. The van der Waals surface area contributed by atoms with Gasteiger partial charge < -0.3 is 9.80 Å². The van der Waals surface area contributed by atoms with Crippen LogP contribution in [0.15, 0.2) is 79.8 Å². The number of aryl methyl sites for hydroxylation is 1. The van der Waals surface area contributed by atoms with Crippen LogP contribution >= 0.6 is 11.6 Å². The van der Waals surface area contributed by atoms with Gasteiger partial charge in [0.1, 0.15) is 5.15 Å². The van der Waals surface area contributed by atoms with Crippen molar-refractivity contribution < 1.29 is 9.59 Å². The average Bonchev–Trinajstić information content (AvgIpc) is 3.75. The molecule has 16 heteroatoms. The van der Waals surface area contributed by atoms with Crippen molar-refractivity contribution in [1.82, 2.24) is 34.9 Å². The van der Waals surface area contributed by atoms with Gasteiger partial charge in [0, 0.05) is 68.4 Å². The molecule has 50 heavy (non-hydrogen) atoms. The van der Waals surface area contributed by atoms with Crippen LogP contribution in [0.5, 0.6) is 0 Å². The fourth-order valence-electron chi connectivity index (χ4n) is 6.85. The number of carbonyl (C=O) groups is 2. The van der Waals surface area contributed by atoms with Crippen molar-refractivity contribution in [3.63, 3.8) is 0 Å². The van der Waals surface area contributed by atoms with Gasteiger partial charge in [-0.2, -0.15) is 0 Å². The molecule has 0 spiro atoms. The van der Waals surface area contributed by atoms with Crippen LogP contribution in [0.1, 0.15) is 18.5 Å². The third-order valence-corrected chi connectivity index (χ3v) is 9.31. The number of aromatic nitrogens is 7. The monoisotopic (exact) mass is 689 g/mol. The lowest BCUT2D eigenvalue weighted by atomic mass is 10.1. The van der Waals surface area contributed by atoms with E-state index >= 15 is 0 Å². The van der Waals surface area contributed by atoms with E-state index in [9.17, 15) is 9.59 Å². The Morgan fingerprint density at radius 2 is 1.30 bits per heavy atom. The summed E-state index contributed by atoms with van der Waals surface area (Å²) in [5, 5.41) is 5.99. The summed E-state index contributed by atoms with van der Waals surface area (Å²) in [6.45, 7) is 5.41. The van der Waals surface area contributed by atoms with E-state index in [0.717, 1.165) is 67.3 Å². The molecule has 0 aliphatic carbocycles. The zero-order chi connectivity index (χ0) is 34.2. The summed E-state index contributed by atoms with van der Waals surface area (Å²) in [6, 6.07) is 11.3. The van der Waals surface area contributed by atoms with E-state index < -0.39 is 0 Å². The maximum Gasteiger partial charge on any atom is 0.329 e. The second kappa shape index (κ2) is 13.2. The number of halogens is 1. The van der Waals surface area contributed by atoms with Crippen molar-refractivity contribution in [2.45, 2.75) is 31.8 Å². The number of hydrogen-bond donors (Lipinski definition) is 2. The molecule has 0 radical (unpaired) electrons. The van der Waals surface area contributed by atoms with Crippen LogP contribution in [0.25, 0.3) is 11.3 Å². The minimum atomic E-state index is -0.261. The number of pyridine rings is 3. The summed E-state index contributed by atoms with van der Waals surface area (Å²) in [5.74, 6) is 2.12. The molecule has 0 unspecified atom stereocenters. The summed E-state index contributed by atoms with van der Waals surface area (Å²) in [6.07, 6.45) is 12.9. The Kier molecular flexibility index (Phi) is 8.24. The Labute approximate surface area is 292 Å². The molecule has 0 aromatic carbocycles. The molecule has 5 aromatic heterocycles. The van der Waals surface area contributed by atoms with Crippen LogP contribution in [-0.4, -0.2) is 85.2 Å². The molecule has 4 aliphatic heterocycles. The number of nitrogens with zero attached hydrogens (tertiary/aromatic N) is 11. The normalized spacial score (nSPS) is 18.1. The number of carbonyl (C=O) groups excluding carboxylic acids is 2. The van der Waals surface area contributed by atoms with Gasteiger partial charge in [0.25, 0.3) is 0 Å². The van der Waals surface area contributed by atoms with Gasteiger partial charge in [0.05, 0.1) is 41.5 Å². The third-order valence-electron chi connectivity index (χ3n) is 9.10. The maximum absolute atomic E-state index is 13.1. The average molecular weight is 690 g/mol. The Morgan fingerprint density at radius 3 is 1.86 bits per heavy atom. The van der Waals surface area contributed by atoms with Crippen molar-refractivity contribution in [1.29, 1.82) is 0 Å². The first kappa shape index (κ1) is 31.3. The van der Waals surface area contributed by atoms with Crippen molar-refractivity contribution in [3.8, 4) is 11.3 Å². The Bertz CT molecular complexity index is 2050. The molecule has 252 valence electrons. The van der Waals surface area contributed by atoms with E-state index in [0.29, 0.717) is 28.4 Å². The van der Waals surface area contributed by atoms with E-state index in [1.807, 2.05) is 31.2 Å². The van der Waals surface area contributed by atoms with Gasteiger partial charge in [0.15, 0.2) is 23.3 Å². The molecular weight excluding hydrogens is 658 g/mol. The minimum Gasteiger partial charge on any atom is -0.366 e. The number of rotatable bonds is 3. The molecule has 2 fully saturated rings. The van der Waals surface area contributed by atoms with Crippen molar-refractivity contribution in [3.05, 3.63) is 90.6 Å². The Morgan fingerprint density at radius 1 is 0.720 bits per heavy atom. The first-order valence-electron chi connectivity index (χ1n) is 16.2. The smallest absolute Gasteiger partial charge is 0.329 e. The second-order valence-corrected chi connectivity index (χ2v) is 12.6. The summed E-state index contributed by atoms with van der Waals surface area (Å²) in [4.78, 5) is 63.4. The topological polar surface area (TPSA) is 161 Å². The zero-order valence-corrected chi connectivity index (χ0v) is 27.8. The molecular formula is C34H32ClN13O2. The largest absolute Gasteiger partial charge is 0.366 e. The Hall–Kier alpha value is -5.96. The highest BCUT2D eigenvalue weighted by molar-refractivity contribution is 6.29. The van der Waals surface area contributed by atoms with Crippen LogP contribution in [0.2, 0.25) is 5.15 Å². The summed E-state index contributed by atoms with van der Waals surface area (Å²) < 4.78 is 0. The number of hydrogen-bond acceptors (Lipinski definition) is 11. The predicted molar refractivity (Wildman–Crippen MR) is 190 cm³/mol. The van der Waals surface area contributed by atoms with Gasteiger partial charge in [-0.3, -0.25) is 35.4 Å². The van der Waals surface area contributed by atoms with Crippen LogP contribution < -0.4 is 30.2 Å². The standard InChI is InChI=1S/C20H19N7O.C14H13ClN6O/c1-13-10-14(4-6-22-13)16-2-3-17-19(24-16)27(15-5-9-26(17)12-15)20(28)25-18-11-21-7-8-23-18;15-11-2-1-10-13(18-11)21(9-3-6-20(10)8-9)14(22)19-12-7-16-4-5-17-12/h2-4,6-8,10-11,15H,5,9,12H2,1H3,(H,23,25,28);1-2,4-5,7,9H,3,6,8H2,(H,17,19,22)/t15-;9-/m00/s1. The lowest BCUT2D eigenvalue weighted by Crippen LogP contribution is -2.48. The van der Waals surface area contributed by atoms with Crippen LogP contribution in [-0.2, 0) is 0 Å². The Balaban J connectivity index is 0.000000149. The van der Waals surface area contributed by atoms with Crippen molar-refractivity contribution >= 4 is 58.3 Å². The molecule has 4 bridgehead atoms. The highest BCUT2D eigenvalue weighted by atomic mass is 35.5. The zero-order valence-electron chi connectivity index (χ0n) is 27.0. The molecule has 5 aromatic rings. The van der Waals surface area contributed by atoms with Crippen LogP contribution in [0.4, 0.5) is 44.2 Å². The highest BCUT2D eigenvalue weighted by Crippen LogP contribution is 2.41. The quantitative estimate of drug-likeness (QED) is 0.245. The lowest BCUT2D eigenvalue weighted by Gasteiger charge is -2.35. The first-order valence-corrected chi connectivity index (χ1v) is 16.6. The number of urea groups is 2. The molecule has 4 aliphatic rings. The maximum atomic E-state index is 13.1. The summed E-state index contributed by atoms with van der Waals surface area (Å²) in [5.41, 5.74) is 4.66. The fraction of sp³-hybridized carbons (Fsp3) is 0.265.